The Labute approximate surface area is 114 Å². The summed E-state index contributed by atoms with van der Waals surface area (Å²) < 4.78 is 0. The molecule has 1 aliphatic rings. The van der Waals surface area contributed by atoms with Crippen LogP contribution in [0.15, 0.2) is 18.2 Å². The first-order valence-electron chi connectivity index (χ1n) is 6.29. The second-order valence-corrected chi connectivity index (χ2v) is 6.05. The molecule has 0 aromatic heterocycles. The van der Waals surface area contributed by atoms with Gasteiger partial charge in [0.2, 0.25) is 0 Å². The molecule has 0 heterocycles. The highest BCUT2D eigenvalue weighted by molar-refractivity contribution is 6.35. The lowest BCUT2D eigenvalue weighted by atomic mass is 9.78. The summed E-state index contributed by atoms with van der Waals surface area (Å²) in [5, 5.41) is 4.96. The molecule has 0 spiro atoms. The quantitative estimate of drug-likeness (QED) is 0.777. The summed E-state index contributed by atoms with van der Waals surface area (Å²) in [5.74, 6) is 1.48. The molecule has 1 aromatic rings. The first kappa shape index (κ1) is 13.0. The third-order valence-corrected chi connectivity index (χ3v) is 4.36. The molecule has 2 rings (SSSR count). The van der Waals surface area contributed by atoms with Crippen LogP contribution in [0.2, 0.25) is 10.0 Å². The Morgan fingerprint density at radius 3 is 2.35 bits per heavy atom. The van der Waals surface area contributed by atoms with Crippen LogP contribution in [0.3, 0.4) is 0 Å². The van der Waals surface area contributed by atoms with Crippen LogP contribution in [0, 0.1) is 11.8 Å². The van der Waals surface area contributed by atoms with E-state index in [0.29, 0.717) is 22.0 Å². The minimum atomic E-state index is 0.535. The zero-order valence-corrected chi connectivity index (χ0v) is 11.9. The zero-order chi connectivity index (χ0) is 12.4. The Balaban J connectivity index is 2.09. The molecule has 0 aliphatic heterocycles. The summed E-state index contributed by atoms with van der Waals surface area (Å²) in [4.78, 5) is 0. The Bertz CT molecular complexity index is 372. The zero-order valence-electron chi connectivity index (χ0n) is 10.3. The second-order valence-electron chi connectivity index (χ2n) is 5.18. The van der Waals surface area contributed by atoms with Crippen molar-refractivity contribution in [3.63, 3.8) is 0 Å². The second kappa shape index (κ2) is 5.49. The van der Waals surface area contributed by atoms with Gasteiger partial charge in [-0.15, -0.1) is 0 Å². The molecule has 3 unspecified atom stereocenters. The Kier molecular flexibility index (Phi) is 4.22. The minimum absolute atomic E-state index is 0.535. The standard InChI is InChI=1S/C14H19Cl2N/c1-9-4-3-5-14(10(9)2)17-13-7-11(15)6-12(16)8-13/h6-10,14,17H,3-5H2,1-2H3. The van der Waals surface area contributed by atoms with E-state index in [1.54, 1.807) is 6.07 Å². The van der Waals surface area contributed by atoms with Gasteiger partial charge in [-0.25, -0.2) is 0 Å². The average molecular weight is 272 g/mol. The van der Waals surface area contributed by atoms with Crippen LogP contribution in [0.4, 0.5) is 5.69 Å². The van der Waals surface area contributed by atoms with Gasteiger partial charge < -0.3 is 5.32 Å². The maximum absolute atomic E-state index is 6.01. The van der Waals surface area contributed by atoms with Gasteiger partial charge in [-0.3, -0.25) is 0 Å². The number of benzene rings is 1. The number of anilines is 1. The molecular formula is C14H19Cl2N. The molecule has 1 N–H and O–H groups in total. The molecule has 0 radical (unpaired) electrons. The van der Waals surface area contributed by atoms with Crippen LogP contribution in [0.25, 0.3) is 0 Å². The molecule has 3 atom stereocenters. The largest absolute Gasteiger partial charge is 0.382 e. The fraction of sp³-hybridized carbons (Fsp3) is 0.571. The van der Waals surface area contributed by atoms with Gasteiger partial charge in [-0.05, 0) is 36.5 Å². The molecule has 1 nitrogen and oxygen atoms in total. The number of hydrogen-bond acceptors (Lipinski definition) is 1. The van der Waals surface area contributed by atoms with Gasteiger partial charge in [-0.1, -0.05) is 49.9 Å². The van der Waals surface area contributed by atoms with Crippen molar-refractivity contribution in [2.24, 2.45) is 11.8 Å². The SMILES string of the molecule is CC1CCCC(Nc2cc(Cl)cc(Cl)c2)C1C. The topological polar surface area (TPSA) is 12.0 Å². The van der Waals surface area contributed by atoms with Crippen molar-refractivity contribution in [2.75, 3.05) is 5.32 Å². The normalized spacial score (nSPS) is 29.1. The van der Waals surface area contributed by atoms with Crippen molar-refractivity contribution < 1.29 is 0 Å². The van der Waals surface area contributed by atoms with Gasteiger partial charge in [0.05, 0.1) is 0 Å². The monoisotopic (exact) mass is 271 g/mol. The van der Waals surface area contributed by atoms with Gasteiger partial charge in [0.1, 0.15) is 0 Å². The first-order valence-corrected chi connectivity index (χ1v) is 7.04. The molecule has 1 aliphatic carbocycles. The molecule has 0 saturated heterocycles. The van der Waals surface area contributed by atoms with Crippen molar-refractivity contribution in [1.29, 1.82) is 0 Å². The highest BCUT2D eigenvalue weighted by Crippen LogP contribution is 2.32. The van der Waals surface area contributed by atoms with Crippen molar-refractivity contribution >= 4 is 28.9 Å². The molecule has 1 saturated carbocycles. The van der Waals surface area contributed by atoms with Gasteiger partial charge in [-0.2, -0.15) is 0 Å². The van der Waals surface area contributed by atoms with E-state index in [-0.39, 0.29) is 0 Å². The Morgan fingerprint density at radius 1 is 1.06 bits per heavy atom. The van der Waals surface area contributed by atoms with Crippen LogP contribution in [0.5, 0.6) is 0 Å². The molecule has 0 bridgehead atoms. The van der Waals surface area contributed by atoms with E-state index in [0.717, 1.165) is 11.6 Å². The Hall–Kier alpha value is -0.400. The van der Waals surface area contributed by atoms with Crippen LogP contribution in [0.1, 0.15) is 33.1 Å². The van der Waals surface area contributed by atoms with E-state index < -0.39 is 0 Å². The summed E-state index contributed by atoms with van der Waals surface area (Å²) in [6, 6.07) is 6.19. The van der Waals surface area contributed by atoms with Gasteiger partial charge >= 0.3 is 0 Å². The van der Waals surface area contributed by atoms with Crippen LogP contribution in [-0.4, -0.2) is 6.04 Å². The first-order chi connectivity index (χ1) is 8.06. The van der Waals surface area contributed by atoms with Crippen LogP contribution < -0.4 is 5.32 Å². The fourth-order valence-corrected chi connectivity index (χ4v) is 3.16. The molecule has 1 fully saturated rings. The maximum atomic E-state index is 6.01. The molecule has 1 aromatic carbocycles. The van der Waals surface area contributed by atoms with E-state index in [2.05, 4.69) is 19.2 Å². The highest BCUT2D eigenvalue weighted by Gasteiger charge is 2.26. The molecular weight excluding hydrogens is 253 g/mol. The maximum Gasteiger partial charge on any atom is 0.0441 e. The number of hydrogen-bond donors (Lipinski definition) is 1. The van der Waals surface area contributed by atoms with Crippen LogP contribution >= 0.6 is 23.2 Å². The predicted octanol–water partition coefficient (Wildman–Crippen LogP) is 5.23. The predicted molar refractivity (Wildman–Crippen MR) is 76.1 cm³/mol. The van der Waals surface area contributed by atoms with Gasteiger partial charge in [0, 0.05) is 21.8 Å². The van der Waals surface area contributed by atoms with Crippen molar-refractivity contribution in [3.05, 3.63) is 28.2 Å². The summed E-state index contributed by atoms with van der Waals surface area (Å²) in [7, 11) is 0. The molecule has 3 heteroatoms. The summed E-state index contributed by atoms with van der Waals surface area (Å²) in [6.07, 6.45) is 3.88. The average Bonchev–Trinajstić information content (AvgIpc) is 2.23. The number of nitrogens with one attached hydrogen (secondary N) is 1. The lowest BCUT2D eigenvalue weighted by Gasteiger charge is -2.35. The van der Waals surface area contributed by atoms with Crippen molar-refractivity contribution in [1.82, 2.24) is 0 Å². The fourth-order valence-electron chi connectivity index (χ4n) is 2.64. The smallest absolute Gasteiger partial charge is 0.0441 e. The minimum Gasteiger partial charge on any atom is -0.382 e. The van der Waals surface area contributed by atoms with Crippen LogP contribution in [-0.2, 0) is 0 Å². The highest BCUT2D eigenvalue weighted by atomic mass is 35.5. The summed E-state index contributed by atoms with van der Waals surface area (Å²) in [6.45, 7) is 4.66. The van der Waals surface area contributed by atoms with E-state index in [9.17, 15) is 0 Å². The molecule has 94 valence electrons. The van der Waals surface area contributed by atoms with Gasteiger partial charge in [0.25, 0.3) is 0 Å². The number of rotatable bonds is 2. The third-order valence-electron chi connectivity index (χ3n) is 3.92. The van der Waals surface area contributed by atoms with E-state index in [1.807, 2.05) is 12.1 Å². The lowest BCUT2D eigenvalue weighted by Crippen LogP contribution is -2.34. The lowest BCUT2D eigenvalue weighted by molar-refractivity contribution is 0.253. The van der Waals surface area contributed by atoms with E-state index in [4.69, 9.17) is 23.2 Å². The van der Waals surface area contributed by atoms with Crippen molar-refractivity contribution in [2.45, 2.75) is 39.2 Å². The molecule has 17 heavy (non-hydrogen) atoms. The van der Waals surface area contributed by atoms with E-state index in [1.165, 1.54) is 19.3 Å². The van der Waals surface area contributed by atoms with E-state index >= 15 is 0 Å². The number of halogens is 2. The third kappa shape index (κ3) is 3.29. The molecule has 0 amide bonds. The van der Waals surface area contributed by atoms with Crippen molar-refractivity contribution in [3.8, 4) is 0 Å². The summed E-state index contributed by atoms with van der Waals surface area (Å²) >= 11 is 12.0. The Morgan fingerprint density at radius 2 is 1.71 bits per heavy atom. The summed E-state index contributed by atoms with van der Waals surface area (Å²) in [5.41, 5.74) is 1.04. The van der Waals surface area contributed by atoms with Gasteiger partial charge in [0.15, 0.2) is 0 Å².